The minimum absolute atomic E-state index is 0.456. The van der Waals surface area contributed by atoms with E-state index >= 15 is 0 Å². The van der Waals surface area contributed by atoms with Gasteiger partial charge in [0.2, 0.25) is 0 Å². The highest BCUT2D eigenvalue weighted by molar-refractivity contribution is 7.11. The maximum absolute atomic E-state index is 9.09. The van der Waals surface area contributed by atoms with Crippen LogP contribution in [0.25, 0.3) is 0 Å². The molecule has 0 N–H and O–H groups in total. The number of nitrogens with zero attached hydrogens (tertiary/aromatic N) is 3. The normalized spacial score (nSPS) is 27.4. The molecule has 2 rings (SSSR count). The summed E-state index contributed by atoms with van der Waals surface area (Å²) in [5.74, 6) is 0. The van der Waals surface area contributed by atoms with E-state index in [9.17, 15) is 0 Å². The zero-order valence-corrected chi connectivity index (χ0v) is 8.10. The van der Waals surface area contributed by atoms with Crippen LogP contribution in [0.5, 0.6) is 0 Å². The van der Waals surface area contributed by atoms with Gasteiger partial charge in [-0.15, -0.1) is 21.5 Å². The quantitative estimate of drug-likeness (QED) is 0.671. The number of hydrogen-bond donors (Lipinski definition) is 0. The molecule has 4 nitrogen and oxygen atoms in total. The van der Waals surface area contributed by atoms with Crippen molar-refractivity contribution in [2.45, 2.75) is 18.8 Å². The Kier molecular flexibility index (Phi) is 2.02. The zero-order valence-electron chi connectivity index (χ0n) is 7.28. The van der Waals surface area contributed by atoms with E-state index in [1.165, 1.54) is 11.3 Å². The van der Waals surface area contributed by atoms with Gasteiger partial charge in [-0.3, -0.25) is 0 Å². The molecule has 1 atom stereocenters. The van der Waals surface area contributed by atoms with Crippen molar-refractivity contribution in [1.29, 1.82) is 5.26 Å². The van der Waals surface area contributed by atoms with Crippen molar-refractivity contribution in [2.24, 2.45) is 0 Å². The molecule has 0 amide bonds. The first-order valence-electron chi connectivity index (χ1n) is 4.06. The van der Waals surface area contributed by atoms with E-state index in [2.05, 4.69) is 16.3 Å². The SMILES string of the molecule is Cc1nnc(C2(C#N)CCOC2)s1. The fraction of sp³-hybridized carbons (Fsp3) is 0.625. The summed E-state index contributed by atoms with van der Waals surface area (Å²) in [5.41, 5.74) is -0.522. The largest absolute Gasteiger partial charge is 0.379 e. The Hall–Kier alpha value is -0.990. The van der Waals surface area contributed by atoms with E-state index in [1.54, 1.807) is 0 Å². The molecule has 1 fully saturated rings. The fourth-order valence-corrected chi connectivity index (χ4v) is 2.20. The van der Waals surface area contributed by atoms with Gasteiger partial charge in [0.05, 0.1) is 12.7 Å². The van der Waals surface area contributed by atoms with Crippen molar-refractivity contribution in [1.82, 2.24) is 10.2 Å². The molecule has 0 aromatic carbocycles. The summed E-state index contributed by atoms with van der Waals surface area (Å²) in [4.78, 5) is 0. The maximum Gasteiger partial charge on any atom is 0.140 e. The predicted molar refractivity (Wildman–Crippen MR) is 47.4 cm³/mol. The Bertz CT molecular complexity index is 349. The maximum atomic E-state index is 9.09. The molecule has 2 heterocycles. The van der Waals surface area contributed by atoms with E-state index in [-0.39, 0.29) is 0 Å². The molecular formula is C8H9N3OS. The second kappa shape index (κ2) is 3.05. The molecule has 0 bridgehead atoms. The van der Waals surface area contributed by atoms with Crippen LogP contribution in [0, 0.1) is 18.3 Å². The summed E-state index contributed by atoms with van der Waals surface area (Å²) in [6.07, 6.45) is 0.734. The number of aromatic nitrogens is 2. The Labute approximate surface area is 80.2 Å². The van der Waals surface area contributed by atoms with Gasteiger partial charge in [-0.1, -0.05) is 0 Å². The molecule has 5 heteroatoms. The van der Waals surface area contributed by atoms with Gasteiger partial charge < -0.3 is 4.74 Å². The van der Waals surface area contributed by atoms with Crippen LogP contribution in [0.4, 0.5) is 0 Å². The van der Waals surface area contributed by atoms with Crippen molar-refractivity contribution in [2.75, 3.05) is 13.2 Å². The standard InChI is InChI=1S/C8H9N3OS/c1-6-10-11-7(13-6)8(4-9)2-3-12-5-8/h2-3,5H2,1H3. The van der Waals surface area contributed by atoms with E-state index in [0.717, 1.165) is 16.4 Å². The van der Waals surface area contributed by atoms with Crippen LogP contribution >= 0.6 is 11.3 Å². The van der Waals surface area contributed by atoms with Crippen LogP contribution < -0.4 is 0 Å². The van der Waals surface area contributed by atoms with Crippen molar-refractivity contribution in [3.05, 3.63) is 10.0 Å². The van der Waals surface area contributed by atoms with Gasteiger partial charge in [0.1, 0.15) is 15.4 Å². The lowest BCUT2D eigenvalue weighted by atomic mass is 9.90. The average molecular weight is 195 g/mol. The highest BCUT2D eigenvalue weighted by atomic mass is 32.1. The molecular weight excluding hydrogens is 186 g/mol. The van der Waals surface area contributed by atoms with Crippen LogP contribution in [-0.2, 0) is 10.2 Å². The summed E-state index contributed by atoms with van der Waals surface area (Å²) in [6.45, 7) is 2.99. The third kappa shape index (κ3) is 1.32. The molecule has 1 aromatic heterocycles. The predicted octanol–water partition coefficient (Wildman–Crippen LogP) is 1.03. The van der Waals surface area contributed by atoms with Gasteiger partial charge >= 0.3 is 0 Å². The van der Waals surface area contributed by atoms with Crippen molar-refractivity contribution in [3.63, 3.8) is 0 Å². The molecule has 0 aliphatic carbocycles. The Morgan fingerprint density at radius 1 is 1.62 bits per heavy atom. The molecule has 1 aromatic rings. The number of ether oxygens (including phenoxy) is 1. The highest BCUT2D eigenvalue weighted by Gasteiger charge is 2.40. The van der Waals surface area contributed by atoms with Gasteiger partial charge in [-0.05, 0) is 13.3 Å². The molecule has 0 saturated carbocycles. The monoisotopic (exact) mass is 195 g/mol. The number of hydrogen-bond acceptors (Lipinski definition) is 5. The first-order valence-corrected chi connectivity index (χ1v) is 4.88. The highest BCUT2D eigenvalue weighted by Crippen LogP contribution is 2.33. The van der Waals surface area contributed by atoms with Crippen molar-refractivity contribution >= 4 is 11.3 Å². The van der Waals surface area contributed by atoms with Gasteiger partial charge in [-0.25, -0.2) is 0 Å². The summed E-state index contributed by atoms with van der Waals surface area (Å²) in [7, 11) is 0. The van der Waals surface area contributed by atoms with Gasteiger partial charge in [-0.2, -0.15) is 5.26 Å². The molecule has 1 unspecified atom stereocenters. The minimum atomic E-state index is -0.522. The molecule has 1 saturated heterocycles. The summed E-state index contributed by atoms with van der Waals surface area (Å²) >= 11 is 1.48. The Morgan fingerprint density at radius 3 is 2.92 bits per heavy atom. The van der Waals surface area contributed by atoms with Crippen LogP contribution in [0.2, 0.25) is 0 Å². The molecule has 1 aliphatic rings. The van der Waals surface area contributed by atoms with Gasteiger partial charge in [0.25, 0.3) is 0 Å². The number of rotatable bonds is 1. The summed E-state index contributed by atoms with van der Waals surface area (Å²) in [5, 5.41) is 18.7. The molecule has 0 radical (unpaired) electrons. The number of aryl methyl sites for hydroxylation is 1. The first kappa shape index (κ1) is 8.60. The molecule has 13 heavy (non-hydrogen) atoms. The lowest BCUT2D eigenvalue weighted by molar-refractivity contribution is 0.186. The molecule has 1 aliphatic heterocycles. The van der Waals surface area contributed by atoms with E-state index < -0.39 is 5.41 Å². The van der Waals surface area contributed by atoms with E-state index in [0.29, 0.717) is 13.2 Å². The fourth-order valence-electron chi connectivity index (χ4n) is 1.36. The van der Waals surface area contributed by atoms with Crippen molar-refractivity contribution in [3.8, 4) is 6.07 Å². The first-order chi connectivity index (χ1) is 6.27. The smallest absolute Gasteiger partial charge is 0.140 e. The second-order valence-electron chi connectivity index (χ2n) is 3.12. The lowest BCUT2D eigenvalue weighted by Gasteiger charge is -2.12. The second-order valence-corrected chi connectivity index (χ2v) is 4.30. The summed E-state index contributed by atoms with van der Waals surface area (Å²) in [6, 6.07) is 2.29. The third-order valence-electron chi connectivity index (χ3n) is 2.17. The molecule has 0 spiro atoms. The summed E-state index contributed by atoms with van der Waals surface area (Å²) < 4.78 is 5.23. The van der Waals surface area contributed by atoms with Crippen LogP contribution in [0.3, 0.4) is 0 Å². The molecule has 68 valence electrons. The van der Waals surface area contributed by atoms with Gasteiger partial charge in [0, 0.05) is 6.61 Å². The van der Waals surface area contributed by atoms with Crippen LogP contribution in [-0.4, -0.2) is 23.4 Å². The third-order valence-corrected chi connectivity index (χ3v) is 3.21. The van der Waals surface area contributed by atoms with Gasteiger partial charge in [0.15, 0.2) is 0 Å². The topological polar surface area (TPSA) is 58.8 Å². The Balaban J connectivity index is 2.37. The minimum Gasteiger partial charge on any atom is -0.379 e. The zero-order chi connectivity index (χ0) is 9.31. The van der Waals surface area contributed by atoms with E-state index in [4.69, 9.17) is 10.00 Å². The van der Waals surface area contributed by atoms with Crippen LogP contribution in [0.15, 0.2) is 0 Å². The van der Waals surface area contributed by atoms with Crippen molar-refractivity contribution < 1.29 is 4.74 Å². The Morgan fingerprint density at radius 2 is 2.46 bits per heavy atom. The van der Waals surface area contributed by atoms with E-state index in [1.807, 2.05) is 6.92 Å². The lowest BCUT2D eigenvalue weighted by Crippen LogP contribution is -2.23. The number of nitriles is 1. The average Bonchev–Trinajstić information content (AvgIpc) is 2.73. The van der Waals surface area contributed by atoms with Crippen LogP contribution in [0.1, 0.15) is 16.4 Å².